The predicted molar refractivity (Wildman–Crippen MR) is 135 cm³/mol. The molecule has 0 aliphatic carbocycles. The van der Waals surface area contributed by atoms with Gasteiger partial charge in [-0.15, -0.1) is 0 Å². The van der Waals surface area contributed by atoms with Crippen molar-refractivity contribution in [3.8, 4) is 11.5 Å². The van der Waals surface area contributed by atoms with Gasteiger partial charge in [-0.3, -0.25) is 0 Å². The van der Waals surface area contributed by atoms with Crippen LogP contribution in [0, 0.1) is 12.3 Å². The maximum absolute atomic E-state index is 6.11. The normalized spacial score (nSPS) is 11.9. The molecule has 166 valence electrons. The second-order valence-corrected chi connectivity index (χ2v) is 8.96. The molecule has 3 rings (SSSR count). The van der Waals surface area contributed by atoms with E-state index in [1.54, 1.807) is 0 Å². The molecule has 0 spiro atoms. The predicted octanol–water partition coefficient (Wildman–Crippen LogP) is 5.19. The van der Waals surface area contributed by atoms with Gasteiger partial charge in [0.25, 0.3) is 0 Å². The van der Waals surface area contributed by atoms with Crippen LogP contribution in [-0.2, 0) is 6.61 Å². The molecule has 0 aliphatic rings. The van der Waals surface area contributed by atoms with Crippen molar-refractivity contribution in [3.05, 3.63) is 100 Å². The van der Waals surface area contributed by atoms with Crippen LogP contribution >= 0.6 is 0 Å². The third-order valence-electron chi connectivity index (χ3n) is 5.44. The Hall–Kier alpha value is -3.46. The number of rotatable bonds is 9. The van der Waals surface area contributed by atoms with Gasteiger partial charge in [0, 0.05) is 22.7 Å². The lowest BCUT2D eigenvalue weighted by Gasteiger charge is -2.23. The van der Waals surface area contributed by atoms with Crippen molar-refractivity contribution in [1.29, 1.82) is 0 Å². The molecule has 2 N–H and O–H groups in total. The molecule has 0 amide bonds. The Balaban J connectivity index is 1.62. The average Bonchev–Trinajstić information content (AvgIpc) is 2.76. The third kappa shape index (κ3) is 6.27. The average molecular weight is 428 g/mol. The minimum Gasteiger partial charge on any atom is -0.493 e. The Morgan fingerprint density at radius 3 is 2.38 bits per heavy atom. The second-order valence-electron chi connectivity index (χ2n) is 8.96. The first-order valence-corrected chi connectivity index (χ1v) is 10.9. The summed E-state index contributed by atoms with van der Waals surface area (Å²) in [6.45, 7) is 15.4. The van der Waals surface area contributed by atoms with Crippen LogP contribution in [0.1, 0.15) is 37.0 Å². The molecule has 0 fully saturated rings. The number of aryl methyl sites for hydroxylation is 1. The molecule has 0 atom stereocenters. The molecule has 0 heterocycles. The minimum absolute atomic E-state index is 0.0168. The summed E-state index contributed by atoms with van der Waals surface area (Å²) < 4.78 is 12.2. The van der Waals surface area contributed by atoms with Crippen LogP contribution in [0.2, 0.25) is 0 Å². The van der Waals surface area contributed by atoms with Crippen LogP contribution in [-0.4, -0.2) is 6.61 Å². The van der Waals surface area contributed by atoms with Crippen LogP contribution in [0.15, 0.2) is 73.3 Å². The molecule has 0 radical (unpaired) electrons. The van der Waals surface area contributed by atoms with E-state index in [9.17, 15) is 0 Å². The van der Waals surface area contributed by atoms with Gasteiger partial charge >= 0.3 is 0 Å². The van der Waals surface area contributed by atoms with Gasteiger partial charge in [-0.1, -0.05) is 81.6 Å². The molecule has 32 heavy (non-hydrogen) atoms. The molecule has 0 aromatic heterocycles. The van der Waals surface area contributed by atoms with E-state index in [0.29, 0.717) is 18.9 Å². The SMILES string of the molecule is C=C(N)c1c(C)cccc1COc1cccc(OCC(C)(C)C/C=c2/ccccc2=C)c1. The number of ether oxygens (including phenoxy) is 2. The number of nitrogens with two attached hydrogens (primary N) is 1. The second kappa shape index (κ2) is 10.2. The van der Waals surface area contributed by atoms with Crippen molar-refractivity contribution in [2.24, 2.45) is 11.1 Å². The quantitative estimate of drug-likeness (QED) is 0.511. The van der Waals surface area contributed by atoms with E-state index in [-0.39, 0.29) is 5.41 Å². The summed E-state index contributed by atoms with van der Waals surface area (Å²) in [6, 6.07) is 22.0. The van der Waals surface area contributed by atoms with Gasteiger partial charge in [0.05, 0.1) is 6.61 Å². The van der Waals surface area contributed by atoms with Crippen molar-refractivity contribution < 1.29 is 9.47 Å². The van der Waals surface area contributed by atoms with Gasteiger partial charge in [-0.05, 0) is 47.0 Å². The Kier molecular flexibility index (Phi) is 7.42. The van der Waals surface area contributed by atoms with Gasteiger partial charge in [0.2, 0.25) is 0 Å². The summed E-state index contributed by atoms with van der Waals surface area (Å²) >= 11 is 0. The van der Waals surface area contributed by atoms with E-state index in [1.165, 1.54) is 5.22 Å². The summed E-state index contributed by atoms with van der Waals surface area (Å²) in [4.78, 5) is 0. The van der Waals surface area contributed by atoms with Crippen molar-refractivity contribution in [3.63, 3.8) is 0 Å². The molecule has 3 aromatic rings. The summed E-state index contributed by atoms with van der Waals surface area (Å²) in [5.74, 6) is 1.55. The highest BCUT2D eigenvalue weighted by atomic mass is 16.5. The molecule has 3 heteroatoms. The lowest BCUT2D eigenvalue weighted by Crippen LogP contribution is -2.25. The highest BCUT2D eigenvalue weighted by Crippen LogP contribution is 2.26. The van der Waals surface area contributed by atoms with E-state index in [1.807, 2.05) is 67.6 Å². The maximum atomic E-state index is 6.11. The molecular formula is C29H33NO2. The third-order valence-corrected chi connectivity index (χ3v) is 5.44. The van der Waals surface area contributed by atoms with Gasteiger partial charge in [0.15, 0.2) is 0 Å². The van der Waals surface area contributed by atoms with Crippen molar-refractivity contribution >= 4 is 18.4 Å². The monoisotopic (exact) mass is 427 g/mol. The van der Waals surface area contributed by atoms with Crippen LogP contribution < -0.4 is 25.6 Å². The zero-order chi connectivity index (χ0) is 23.1. The van der Waals surface area contributed by atoms with Crippen LogP contribution in [0.25, 0.3) is 18.4 Å². The Morgan fingerprint density at radius 1 is 0.969 bits per heavy atom. The molecule has 0 saturated carbocycles. The van der Waals surface area contributed by atoms with Gasteiger partial charge in [0.1, 0.15) is 18.1 Å². The zero-order valence-electron chi connectivity index (χ0n) is 19.4. The Labute approximate surface area is 191 Å². The number of benzene rings is 3. The van der Waals surface area contributed by atoms with Crippen LogP contribution in [0.5, 0.6) is 11.5 Å². The molecular weight excluding hydrogens is 394 g/mol. The number of hydrogen-bond donors (Lipinski definition) is 1. The Bertz CT molecular complexity index is 1190. The summed E-state index contributed by atoms with van der Waals surface area (Å²) in [6.07, 6.45) is 3.13. The topological polar surface area (TPSA) is 44.5 Å². The van der Waals surface area contributed by atoms with Crippen molar-refractivity contribution in [1.82, 2.24) is 0 Å². The summed E-state index contributed by atoms with van der Waals surface area (Å²) in [5.41, 5.74) is 9.59. The molecule has 0 unspecified atom stereocenters. The van der Waals surface area contributed by atoms with E-state index in [4.69, 9.17) is 15.2 Å². The molecule has 3 nitrogen and oxygen atoms in total. The first-order valence-electron chi connectivity index (χ1n) is 10.9. The standard InChI is InChI=1S/C29H33NO2/c1-21-10-6-7-12-24(21)16-17-29(4,5)20-32-27-15-9-14-26(18-27)31-19-25-13-8-11-22(2)28(25)23(3)30/h6-16,18H,1,3,17,19-20,30H2,2,4-5H3/b24-16-. The van der Waals surface area contributed by atoms with Crippen molar-refractivity contribution in [2.75, 3.05) is 6.61 Å². The van der Waals surface area contributed by atoms with Gasteiger partial charge in [-0.25, -0.2) is 0 Å². The summed E-state index contributed by atoms with van der Waals surface area (Å²) in [5, 5.41) is 2.22. The Morgan fingerprint density at radius 2 is 1.66 bits per heavy atom. The van der Waals surface area contributed by atoms with E-state index >= 15 is 0 Å². The first kappa shape index (κ1) is 23.2. The van der Waals surface area contributed by atoms with Gasteiger partial charge in [-0.2, -0.15) is 0 Å². The fraction of sp³-hybridized carbons (Fsp3) is 0.241. The smallest absolute Gasteiger partial charge is 0.123 e. The highest BCUT2D eigenvalue weighted by Gasteiger charge is 2.17. The van der Waals surface area contributed by atoms with E-state index < -0.39 is 0 Å². The zero-order valence-corrected chi connectivity index (χ0v) is 19.4. The van der Waals surface area contributed by atoms with E-state index in [0.717, 1.165) is 39.8 Å². The molecule has 0 bridgehead atoms. The maximum Gasteiger partial charge on any atom is 0.123 e. The fourth-order valence-electron chi connectivity index (χ4n) is 3.58. The van der Waals surface area contributed by atoms with Crippen LogP contribution in [0.4, 0.5) is 0 Å². The van der Waals surface area contributed by atoms with Gasteiger partial charge < -0.3 is 15.2 Å². The lowest BCUT2D eigenvalue weighted by molar-refractivity contribution is 0.185. The summed E-state index contributed by atoms with van der Waals surface area (Å²) in [7, 11) is 0. The molecule has 0 aliphatic heterocycles. The lowest BCUT2D eigenvalue weighted by atomic mass is 9.90. The molecule has 0 saturated heterocycles. The minimum atomic E-state index is -0.0168. The highest BCUT2D eigenvalue weighted by molar-refractivity contribution is 5.66. The van der Waals surface area contributed by atoms with Crippen LogP contribution in [0.3, 0.4) is 0 Å². The fourth-order valence-corrected chi connectivity index (χ4v) is 3.58. The largest absolute Gasteiger partial charge is 0.493 e. The molecule has 3 aromatic carbocycles. The van der Waals surface area contributed by atoms with E-state index in [2.05, 4.69) is 39.1 Å². The number of hydrogen-bond acceptors (Lipinski definition) is 3. The van der Waals surface area contributed by atoms with Crippen molar-refractivity contribution in [2.45, 2.75) is 33.8 Å². The first-order chi connectivity index (χ1) is 15.2.